The summed E-state index contributed by atoms with van der Waals surface area (Å²) < 4.78 is 34.4. The van der Waals surface area contributed by atoms with Crippen LogP contribution < -0.4 is 19.7 Å². The Hall–Kier alpha value is -3.49. The average Bonchev–Trinajstić information content (AvgIpc) is 2.75. The third-order valence-electron chi connectivity index (χ3n) is 4.41. The molecule has 0 aliphatic heterocycles. The van der Waals surface area contributed by atoms with E-state index >= 15 is 0 Å². The fraction of sp³-hybridized carbons (Fsp3) is 0.286. The lowest BCUT2D eigenvalue weighted by Crippen LogP contribution is -2.24. The van der Waals surface area contributed by atoms with E-state index in [1.54, 1.807) is 30.6 Å². The van der Waals surface area contributed by atoms with Gasteiger partial charge in [0.25, 0.3) is 0 Å². The van der Waals surface area contributed by atoms with Crippen molar-refractivity contribution in [1.29, 1.82) is 0 Å². The van der Waals surface area contributed by atoms with Crippen molar-refractivity contribution < 1.29 is 18.3 Å². The van der Waals surface area contributed by atoms with E-state index in [1.807, 2.05) is 24.8 Å². The maximum Gasteiger partial charge on any atom is 0.387 e. The molecule has 1 N–H and O–H groups in total. The minimum atomic E-state index is -2.86. The molecule has 3 rings (SSSR count). The number of benzene rings is 1. The van der Waals surface area contributed by atoms with E-state index in [0.717, 1.165) is 24.2 Å². The first kappa shape index (κ1) is 21.2. The molecule has 1 aromatic carbocycles. The molecule has 158 valence electrons. The summed E-state index contributed by atoms with van der Waals surface area (Å²) in [5, 5.41) is 3.23. The van der Waals surface area contributed by atoms with Crippen LogP contribution in [0, 0.1) is 0 Å². The molecule has 2 aromatic heterocycles. The lowest BCUT2D eigenvalue weighted by atomic mass is 10.1. The van der Waals surface area contributed by atoms with Crippen molar-refractivity contribution in [3.8, 4) is 22.8 Å². The molecule has 3 aromatic rings. The van der Waals surface area contributed by atoms with Crippen LogP contribution in [-0.2, 0) is 0 Å². The average molecular weight is 415 g/mol. The van der Waals surface area contributed by atoms with Crippen LogP contribution in [0.15, 0.2) is 48.8 Å². The highest BCUT2D eigenvalue weighted by molar-refractivity contribution is 5.72. The Bertz CT molecular complexity index is 966. The number of ether oxygens (including phenoxy) is 2. The summed E-state index contributed by atoms with van der Waals surface area (Å²) in [5.41, 5.74) is 2.19. The molecular formula is C21H23F2N5O2. The van der Waals surface area contributed by atoms with Crippen molar-refractivity contribution in [2.24, 2.45) is 0 Å². The minimum Gasteiger partial charge on any atom is -0.480 e. The molecule has 0 aliphatic carbocycles. The van der Waals surface area contributed by atoms with E-state index < -0.39 is 6.61 Å². The molecule has 0 saturated carbocycles. The Balaban J connectivity index is 1.87. The summed E-state index contributed by atoms with van der Waals surface area (Å²) >= 11 is 0. The van der Waals surface area contributed by atoms with Gasteiger partial charge in [-0.2, -0.15) is 13.8 Å². The van der Waals surface area contributed by atoms with Gasteiger partial charge in [0.1, 0.15) is 17.3 Å². The maximum atomic E-state index is 12.3. The zero-order valence-electron chi connectivity index (χ0n) is 17.0. The predicted octanol–water partition coefficient (Wildman–Crippen LogP) is 4.74. The second-order valence-electron chi connectivity index (χ2n) is 6.22. The highest BCUT2D eigenvalue weighted by atomic mass is 19.3. The predicted molar refractivity (Wildman–Crippen MR) is 112 cm³/mol. The SMILES string of the molecule is CCN(CC)c1nccc(Nc2cc(-c3ccc(OC(F)F)cc3)cnc2OC)n1. The Morgan fingerprint density at radius 3 is 2.40 bits per heavy atom. The van der Waals surface area contributed by atoms with E-state index in [9.17, 15) is 8.78 Å². The molecule has 0 spiro atoms. The van der Waals surface area contributed by atoms with Gasteiger partial charge in [0.05, 0.1) is 7.11 Å². The lowest BCUT2D eigenvalue weighted by molar-refractivity contribution is -0.0498. The van der Waals surface area contributed by atoms with Gasteiger partial charge in [-0.05, 0) is 43.7 Å². The molecule has 7 nitrogen and oxygen atoms in total. The van der Waals surface area contributed by atoms with E-state index in [1.165, 1.54) is 19.2 Å². The third-order valence-corrected chi connectivity index (χ3v) is 4.41. The summed E-state index contributed by atoms with van der Waals surface area (Å²) in [7, 11) is 1.53. The molecule has 0 bridgehead atoms. The fourth-order valence-electron chi connectivity index (χ4n) is 2.91. The quantitative estimate of drug-likeness (QED) is 0.541. The van der Waals surface area contributed by atoms with Crippen LogP contribution in [-0.4, -0.2) is 41.8 Å². The van der Waals surface area contributed by atoms with E-state index in [2.05, 4.69) is 25.0 Å². The van der Waals surface area contributed by atoms with Gasteiger partial charge in [0.15, 0.2) is 0 Å². The van der Waals surface area contributed by atoms with Gasteiger partial charge >= 0.3 is 6.61 Å². The number of hydrogen-bond acceptors (Lipinski definition) is 7. The van der Waals surface area contributed by atoms with E-state index in [-0.39, 0.29) is 5.75 Å². The Morgan fingerprint density at radius 1 is 1.03 bits per heavy atom. The van der Waals surface area contributed by atoms with Crippen molar-refractivity contribution in [2.45, 2.75) is 20.5 Å². The van der Waals surface area contributed by atoms with Crippen molar-refractivity contribution >= 4 is 17.5 Å². The number of halogens is 2. The van der Waals surface area contributed by atoms with Crippen LogP contribution in [0.25, 0.3) is 11.1 Å². The van der Waals surface area contributed by atoms with Crippen LogP contribution in [0.2, 0.25) is 0 Å². The van der Waals surface area contributed by atoms with Gasteiger partial charge in [-0.25, -0.2) is 9.97 Å². The number of pyridine rings is 1. The van der Waals surface area contributed by atoms with Gasteiger partial charge in [-0.1, -0.05) is 12.1 Å². The molecule has 0 aliphatic rings. The molecule has 0 unspecified atom stereocenters. The molecule has 2 heterocycles. The molecule has 0 atom stereocenters. The number of methoxy groups -OCH3 is 1. The maximum absolute atomic E-state index is 12.3. The Labute approximate surface area is 173 Å². The van der Waals surface area contributed by atoms with E-state index in [0.29, 0.717) is 23.3 Å². The summed E-state index contributed by atoms with van der Waals surface area (Å²) in [6, 6.07) is 9.96. The topological polar surface area (TPSA) is 72.4 Å². The number of aromatic nitrogens is 3. The first-order valence-corrected chi connectivity index (χ1v) is 9.48. The van der Waals surface area contributed by atoms with Gasteiger partial charge in [0.2, 0.25) is 11.8 Å². The van der Waals surface area contributed by atoms with Gasteiger partial charge in [0, 0.05) is 31.0 Å². The van der Waals surface area contributed by atoms with Gasteiger partial charge in [-0.15, -0.1) is 0 Å². The Kier molecular flexibility index (Phi) is 6.95. The van der Waals surface area contributed by atoms with Crippen LogP contribution >= 0.6 is 0 Å². The molecule has 0 radical (unpaired) electrons. The Morgan fingerprint density at radius 2 is 1.77 bits per heavy atom. The zero-order valence-corrected chi connectivity index (χ0v) is 17.0. The normalized spacial score (nSPS) is 10.7. The lowest BCUT2D eigenvalue weighted by Gasteiger charge is -2.19. The second kappa shape index (κ2) is 9.82. The van der Waals surface area contributed by atoms with Crippen LogP contribution in [0.5, 0.6) is 11.6 Å². The standard InChI is InChI=1S/C21H23F2N5O2/c1-4-28(5-2)21-24-11-10-18(27-21)26-17-12-15(13-25-19(17)29-3)14-6-8-16(9-7-14)30-20(22)23/h6-13,20H,4-5H2,1-3H3,(H,24,26,27). The number of anilines is 3. The largest absolute Gasteiger partial charge is 0.480 e. The second-order valence-corrected chi connectivity index (χ2v) is 6.22. The molecule has 0 saturated heterocycles. The van der Waals surface area contributed by atoms with Crippen molar-refractivity contribution in [3.63, 3.8) is 0 Å². The molecule has 9 heteroatoms. The van der Waals surface area contributed by atoms with E-state index in [4.69, 9.17) is 4.74 Å². The molecular weight excluding hydrogens is 392 g/mol. The number of alkyl halides is 2. The van der Waals surface area contributed by atoms with Crippen LogP contribution in [0.3, 0.4) is 0 Å². The summed E-state index contributed by atoms with van der Waals surface area (Å²) in [4.78, 5) is 15.3. The van der Waals surface area contributed by atoms with Crippen LogP contribution in [0.1, 0.15) is 13.8 Å². The minimum absolute atomic E-state index is 0.0958. The number of nitrogens with one attached hydrogen (secondary N) is 1. The van der Waals surface area contributed by atoms with Crippen molar-refractivity contribution in [1.82, 2.24) is 15.0 Å². The summed E-state index contributed by atoms with van der Waals surface area (Å²) in [5.74, 6) is 1.73. The molecule has 30 heavy (non-hydrogen) atoms. The summed E-state index contributed by atoms with van der Waals surface area (Å²) in [6.07, 6.45) is 3.34. The number of rotatable bonds is 9. The fourth-order valence-corrected chi connectivity index (χ4v) is 2.91. The summed E-state index contributed by atoms with van der Waals surface area (Å²) in [6.45, 7) is 2.82. The first-order chi connectivity index (χ1) is 14.5. The third kappa shape index (κ3) is 5.11. The van der Waals surface area contributed by atoms with Crippen LogP contribution in [0.4, 0.5) is 26.2 Å². The first-order valence-electron chi connectivity index (χ1n) is 9.48. The smallest absolute Gasteiger partial charge is 0.387 e. The van der Waals surface area contributed by atoms with Crippen molar-refractivity contribution in [3.05, 3.63) is 48.8 Å². The van der Waals surface area contributed by atoms with Gasteiger partial charge in [-0.3, -0.25) is 0 Å². The van der Waals surface area contributed by atoms with Crippen molar-refractivity contribution in [2.75, 3.05) is 30.4 Å². The molecule has 0 fully saturated rings. The molecule has 0 amide bonds. The monoisotopic (exact) mass is 415 g/mol. The number of nitrogens with zero attached hydrogens (tertiary/aromatic N) is 4. The zero-order chi connectivity index (χ0) is 21.5. The highest BCUT2D eigenvalue weighted by Crippen LogP contribution is 2.31. The highest BCUT2D eigenvalue weighted by Gasteiger charge is 2.12. The van der Waals surface area contributed by atoms with Gasteiger partial charge < -0.3 is 19.7 Å². The number of hydrogen-bond donors (Lipinski definition) is 1.